The number of benzene rings is 2. The van der Waals surface area contributed by atoms with Crippen LogP contribution in [0.15, 0.2) is 36.4 Å². The fraction of sp³-hybridized carbons (Fsp3) is 0.133. The molecule has 2 rings (SSSR count). The molecule has 0 aliphatic heterocycles. The smallest absolute Gasteiger partial charge is 0.138 e. The zero-order valence-corrected chi connectivity index (χ0v) is 12.4. The lowest BCUT2D eigenvalue weighted by atomic mass is 10.1. The van der Waals surface area contributed by atoms with E-state index in [9.17, 15) is 4.39 Å². The summed E-state index contributed by atoms with van der Waals surface area (Å²) < 4.78 is 19.1. The third-order valence-corrected chi connectivity index (χ3v) is 3.27. The van der Waals surface area contributed by atoms with E-state index in [0.29, 0.717) is 21.9 Å². The van der Waals surface area contributed by atoms with Crippen molar-refractivity contribution in [2.45, 2.75) is 13.5 Å². The van der Waals surface area contributed by atoms with Gasteiger partial charge in [-0.05, 0) is 48.4 Å². The molecule has 0 heterocycles. The van der Waals surface area contributed by atoms with Gasteiger partial charge in [-0.25, -0.2) is 4.39 Å². The SMILES string of the molecule is Cc1ccc(Cl)c(OCc2cc(F)cc(C(N)=S)c2)c1. The van der Waals surface area contributed by atoms with Gasteiger partial charge in [0.1, 0.15) is 23.2 Å². The minimum absolute atomic E-state index is 0.152. The van der Waals surface area contributed by atoms with E-state index in [1.165, 1.54) is 12.1 Å². The largest absolute Gasteiger partial charge is 0.487 e. The van der Waals surface area contributed by atoms with Crippen LogP contribution in [0, 0.1) is 12.7 Å². The highest BCUT2D eigenvalue weighted by Gasteiger charge is 2.06. The molecule has 0 aliphatic carbocycles. The Morgan fingerprint density at radius 3 is 2.75 bits per heavy atom. The first-order valence-electron chi connectivity index (χ1n) is 5.94. The highest BCUT2D eigenvalue weighted by molar-refractivity contribution is 7.80. The van der Waals surface area contributed by atoms with Crippen LogP contribution in [-0.4, -0.2) is 4.99 Å². The van der Waals surface area contributed by atoms with Crippen LogP contribution in [0.2, 0.25) is 5.02 Å². The Hall–Kier alpha value is -1.65. The van der Waals surface area contributed by atoms with E-state index < -0.39 is 5.82 Å². The second-order valence-electron chi connectivity index (χ2n) is 4.43. The van der Waals surface area contributed by atoms with Gasteiger partial charge in [0.15, 0.2) is 0 Å². The summed E-state index contributed by atoms with van der Waals surface area (Å²) in [6, 6.07) is 9.86. The standard InChI is InChI=1S/C15H13ClFNOS/c1-9-2-3-13(16)14(4-9)19-8-10-5-11(15(18)20)7-12(17)6-10/h2-7H,8H2,1H3,(H2,18,20). The molecule has 2 nitrogen and oxygen atoms in total. The number of hydrogen-bond acceptors (Lipinski definition) is 2. The first-order valence-corrected chi connectivity index (χ1v) is 6.72. The van der Waals surface area contributed by atoms with Gasteiger partial charge < -0.3 is 10.5 Å². The topological polar surface area (TPSA) is 35.2 Å². The Kier molecular flexibility index (Phi) is 4.57. The van der Waals surface area contributed by atoms with Crippen molar-refractivity contribution in [3.63, 3.8) is 0 Å². The van der Waals surface area contributed by atoms with Gasteiger partial charge >= 0.3 is 0 Å². The fourth-order valence-corrected chi connectivity index (χ4v) is 2.05. The normalized spacial score (nSPS) is 10.3. The summed E-state index contributed by atoms with van der Waals surface area (Å²) in [6.07, 6.45) is 0. The Bertz CT molecular complexity index is 660. The molecule has 0 atom stereocenters. The molecule has 0 saturated carbocycles. The minimum atomic E-state index is -0.399. The van der Waals surface area contributed by atoms with E-state index in [1.54, 1.807) is 12.1 Å². The van der Waals surface area contributed by atoms with Crippen molar-refractivity contribution in [1.29, 1.82) is 0 Å². The summed E-state index contributed by atoms with van der Waals surface area (Å²) in [5.41, 5.74) is 7.66. The average Bonchev–Trinajstić information content (AvgIpc) is 2.39. The highest BCUT2D eigenvalue weighted by Crippen LogP contribution is 2.26. The lowest BCUT2D eigenvalue weighted by Crippen LogP contribution is -2.10. The van der Waals surface area contributed by atoms with E-state index in [2.05, 4.69) is 0 Å². The molecule has 0 unspecified atom stereocenters. The van der Waals surface area contributed by atoms with Crippen LogP contribution in [0.5, 0.6) is 5.75 Å². The van der Waals surface area contributed by atoms with Gasteiger partial charge in [-0.15, -0.1) is 0 Å². The molecular formula is C15H13ClFNOS. The summed E-state index contributed by atoms with van der Waals surface area (Å²) in [4.78, 5) is 0.152. The zero-order chi connectivity index (χ0) is 14.7. The molecule has 2 N–H and O–H groups in total. The first kappa shape index (κ1) is 14.8. The summed E-state index contributed by atoms with van der Waals surface area (Å²) in [5, 5.41) is 0.515. The fourth-order valence-electron chi connectivity index (χ4n) is 1.76. The molecule has 5 heteroatoms. The minimum Gasteiger partial charge on any atom is -0.487 e. The molecule has 0 radical (unpaired) electrons. The maximum atomic E-state index is 13.5. The van der Waals surface area contributed by atoms with Crippen LogP contribution in [0.25, 0.3) is 0 Å². The molecule has 0 aromatic heterocycles. The zero-order valence-electron chi connectivity index (χ0n) is 10.8. The second kappa shape index (κ2) is 6.20. The van der Waals surface area contributed by atoms with Gasteiger partial charge in [0.05, 0.1) is 5.02 Å². The van der Waals surface area contributed by atoms with Crippen molar-refractivity contribution in [2.75, 3.05) is 0 Å². The maximum Gasteiger partial charge on any atom is 0.138 e. The van der Waals surface area contributed by atoms with E-state index in [0.717, 1.165) is 5.56 Å². The van der Waals surface area contributed by atoms with Gasteiger partial charge in [-0.2, -0.15) is 0 Å². The number of ether oxygens (including phenoxy) is 1. The molecule has 20 heavy (non-hydrogen) atoms. The molecule has 0 spiro atoms. The number of hydrogen-bond donors (Lipinski definition) is 1. The van der Waals surface area contributed by atoms with Crippen LogP contribution in [0.1, 0.15) is 16.7 Å². The van der Waals surface area contributed by atoms with Crippen molar-refractivity contribution < 1.29 is 9.13 Å². The van der Waals surface area contributed by atoms with Crippen molar-refractivity contribution in [2.24, 2.45) is 5.73 Å². The molecular weight excluding hydrogens is 297 g/mol. The van der Waals surface area contributed by atoms with Gasteiger partial charge in [-0.3, -0.25) is 0 Å². The maximum absolute atomic E-state index is 13.5. The third-order valence-electron chi connectivity index (χ3n) is 2.72. The van der Waals surface area contributed by atoms with Crippen LogP contribution in [0.3, 0.4) is 0 Å². The molecule has 2 aromatic rings. The Morgan fingerprint density at radius 1 is 1.30 bits per heavy atom. The number of thiocarbonyl (C=S) groups is 1. The van der Waals surface area contributed by atoms with Crippen molar-refractivity contribution >= 4 is 28.8 Å². The highest BCUT2D eigenvalue weighted by atomic mass is 35.5. The van der Waals surface area contributed by atoms with E-state index in [4.69, 9.17) is 34.3 Å². The third kappa shape index (κ3) is 3.68. The molecule has 0 amide bonds. The number of nitrogens with two attached hydrogens (primary N) is 1. The second-order valence-corrected chi connectivity index (χ2v) is 5.28. The molecule has 0 fully saturated rings. The van der Waals surface area contributed by atoms with Crippen LogP contribution in [0.4, 0.5) is 4.39 Å². The quantitative estimate of drug-likeness (QED) is 0.867. The van der Waals surface area contributed by atoms with Gasteiger partial charge in [0.25, 0.3) is 0 Å². The van der Waals surface area contributed by atoms with Gasteiger partial charge in [-0.1, -0.05) is 29.9 Å². The summed E-state index contributed by atoms with van der Waals surface area (Å²) in [7, 11) is 0. The van der Waals surface area contributed by atoms with Crippen LogP contribution >= 0.6 is 23.8 Å². The van der Waals surface area contributed by atoms with Gasteiger partial charge in [0, 0.05) is 5.56 Å². The Balaban J connectivity index is 2.18. The molecule has 0 aliphatic rings. The lowest BCUT2D eigenvalue weighted by molar-refractivity contribution is 0.305. The molecule has 104 valence electrons. The van der Waals surface area contributed by atoms with E-state index >= 15 is 0 Å². The Morgan fingerprint density at radius 2 is 2.05 bits per heavy atom. The van der Waals surface area contributed by atoms with Crippen molar-refractivity contribution in [3.05, 3.63) is 63.9 Å². The number of aryl methyl sites for hydroxylation is 1. The molecule has 0 saturated heterocycles. The molecule has 2 aromatic carbocycles. The molecule has 0 bridgehead atoms. The number of rotatable bonds is 4. The van der Waals surface area contributed by atoms with Gasteiger partial charge in [0.2, 0.25) is 0 Å². The van der Waals surface area contributed by atoms with Crippen molar-refractivity contribution in [1.82, 2.24) is 0 Å². The van der Waals surface area contributed by atoms with Crippen LogP contribution in [-0.2, 0) is 6.61 Å². The Labute approximate surface area is 127 Å². The number of halogens is 2. The van der Waals surface area contributed by atoms with E-state index in [1.807, 2.05) is 19.1 Å². The monoisotopic (exact) mass is 309 g/mol. The predicted octanol–water partition coefficient (Wildman–Crippen LogP) is 4.00. The summed E-state index contributed by atoms with van der Waals surface area (Å²) in [5.74, 6) is 0.164. The predicted molar refractivity (Wildman–Crippen MR) is 82.8 cm³/mol. The lowest BCUT2D eigenvalue weighted by Gasteiger charge is -2.10. The summed E-state index contributed by atoms with van der Waals surface area (Å²) in [6.45, 7) is 2.13. The van der Waals surface area contributed by atoms with E-state index in [-0.39, 0.29) is 11.6 Å². The van der Waals surface area contributed by atoms with Crippen molar-refractivity contribution in [3.8, 4) is 5.75 Å². The first-order chi connectivity index (χ1) is 9.45. The average molecular weight is 310 g/mol. The summed E-state index contributed by atoms with van der Waals surface area (Å²) >= 11 is 10.9. The van der Waals surface area contributed by atoms with Crippen LogP contribution < -0.4 is 10.5 Å².